The van der Waals surface area contributed by atoms with Gasteiger partial charge in [0, 0.05) is 56.8 Å². The van der Waals surface area contributed by atoms with Gasteiger partial charge in [0.1, 0.15) is 29.8 Å². The number of imidazole rings is 1. The molecule has 0 aliphatic carbocycles. The summed E-state index contributed by atoms with van der Waals surface area (Å²) in [6, 6.07) is 17.6. The Morgan fingerprint density at radius 1 is 1.07 bits per heavy atom. The normalized spacial score (nSPS) is 19.6. The van der Waals surface area contributed by atoms with E-state index in [9.17, 15) is 13.6 Å². The molecule has 1 N–H and O–H groups in total. The Morgan fingerprint density at radius 3 is 2.59 bits per heavy atom. The number of nitrogens with zero attached hydrogens (tertiary/aromatic N) is 4. The van der Waals surface area contributed by atoms with Crippen LogP contribution in [0, 0.1) is 23.5 Å². The molecule has 0 spiro atoms. The molecule has 7 nitrogen and oxygen atoms in total. The van der Waals surface area contributed by atoms with Gasteiger partial charge in [-0.05, 0) is 67.0 Å². The lowest BCUT2D eigenvalue weighted by Crippen LogP contribution is -2.44. The van der Waals surface area contributed by atoms with Gasteiger partial charge in [0.15, 0.2) is 0 Å². The molecular weight excluding hydrogens is 567 g/mol. The van der Waals surface area contributed by atoms with E-state index < -0.39 is 24.4 Å². The first-order valence-electron chi connectivity index (χ1n) is 15.2. The van der Waals surface area contributed by atoms with E-state index >= 15 is 4.39 Å². The smallest absolute Gasteiger partial charge is 0.273 e. The standard InChI is InChI=1S/C34H36F3N5O2/c35-18-27-16-24(19-39-27)21-42(34(43)30-8-4-5-13-38-30)32(25-11-14-44-15-12-25)33-40-31(28-17-26(36)9-10-29(28)37)22-41(33)20-23-6-2-1-3-7-23/h1-10,13,17,22,24-25,27,32,39H,11-12,14-16,18-21H2/t24-,27-,32+/m0/s1. The van der Waals surface area contributed by atoms with E-state index in [1.165, 1.54) is 0 Å². The van der Waals surface area contributed by atoms with Crippen LogP contribution in [0.3, 0.4) is 0 Å². The van der Waals surface area contributed by atoms with E-state index in [-0.39, 0.29) is 35.0 Å². The van der Waals surface area contributed by atoms with Crippen molar-refractivity contribution in [2.45, 2.75) is 37.9 Å². The van der Waals surface area contributed by atoms with Gasteiger partial charge < -0.3 is 19.5 Å². The van der Waals surface area contributed by atoms with E-state index in [1.807, 2.05) is 39.8 Å². The minimum atomic E-state index is -0.583. The van der Waals surface area contributed by atoms with Gasteiger partial charge in [-0.2, -0.15) is 0 Å². The van der Waals surface area contributed by atoms with Gasteiger partial charge in [-0.3, -0.25) is 9.78 Å². The van der Waals surface area contributed by atoms with Crippen LogP contribution in [-0.4, -0.2) is 64.4 Å². The van der Waals surface area contributed by atoms with Crippen LogP contribution in [-0.2, 0) is 11.3 Å². The molecule has 2 fully saturated rings. The van der Waals surface area contributed by atoms with E-state index in [0.29, 0.717) is 63.6 Å². The molecule has 0 unspecified atom stereocenters. The Morgan fingerprint density at radius 2 is 1.86 bits per heavy atom. The number of halogens is 3. The van der Waals surface area contributed by atoms with Crippen LogP contribution >= 0.6 is 0 Å². The lowest BCUT2D eigenvalue weighted by atomic mass is 9.88. The predicted molar refractivity (Wildman–Crippen MR) is 161 cm³/mol. The largest absolute Gasteiger partial charge is 0.381 e. The van der Waals surface area contributed by atoms with Gasteiger partial charge in [0.05, 0.1) is 11.7 Å². The number of hydrogen-bond donors (Lipinski definition) is 1. The van der Waals surface area contributed by atoms with Crippen molar-refractivity contribution in [3.63, 3.8) is 0 Å². The topological polar surface area (TPSA) is 72.3 Å². The summed E-state index contributed by atoms with van der Waals surface area (Å²) in [5.74, 6) is -0.825. The number of pyridine rings is 1. The minimum absolute atomic E-state index is 0.0171. The predicted octanol–water partition coefficient (Wildman–Crippen LogP) is 5.83. The molecule has 4 aromatic rings. The Balaban J connectivity index is 1.49. The zero-order chi connectivity index (χ0) is 30.5. The fourth-order valence-corrected chi connectivity index (χ4v) is 6.43. The quantitative estimate of drug-likeness (QED) is 0.247. The lowest BCUT2D eigenvalue weighted by Gasteiger charge is -2.39. The van der Waals surface area contributed by atoms with Gasteiger partial charge in [-0.1, -0.05) is 36.4 Å². The molecule has 0 saturated carbocycles. The summed E-state index contributed by atoms with van der Waals surface area (Å²) >= 11 is 0. The number of aromatic nitrogens is 3. The zero-order valence-electron chi connectivity index (χ0n) is 24.4. The second kappa shape index (κ2) is 13.7. The summed E-state index contributed by atoms with van der Waals surface area (Å²) in [6.07, 6.45) is 5.31. The minimum Gasteiger partial charge on any atom is -0.381 e. The molecular formula is C34H36F3N5O2. The number of alkyl halides is 1. The van der Waals surface area contributed by atoms with Crippen molar-refractivity contribution in [1.82, 2.24) is 24.8 Å². The van der Waals surface area contributed by atoms with Crippen LogP contribution in [0.15, 0.2) is 79.1 Å². The molecule has 2 aromatic heterocycles. The Hall–Kier alpha value is -4.02. The van der Waals surface area contributed by atoms with Crippen molar-refractivity contribution >= 4 is 5.91 Å². The third-order valence-corrected chi connectivity index (χ3v) is 8.62. The first kappa shape index (κ1) is 30.0. The summed E-state index contributed by atoms with van der Waals surface area (Å²) in [5, 5.41) is 3.23. The average Bonchev–Trinajstić information content (AvgIpc) is 3.70. The fourth-order valence-electron chi connectivity index (χ4n) is 6.43. The number of amides is 1. The summed E-state index contributed by atoms with van der Waals surface area (Å²) in [7, 11) is 0. The summed E-state index contributed by atoms with van der Waals surface area (Å²) in [5.41, 5.74) is 1.64. The van der Waals surface area contributed by atoms with Gasteiger partial charge >= 0.3 is 0 Å². The van der Waals surface area contributed by atoms with Gasteiger partial charge in [0.2, 0.25) is 0 Å². The molecule has 4 heterocycles. The van der Waals surface area contributed by atoms with E-state index in [1.54, 1.807) is 30.6 Å². The number of benzene rings is 2. The number of hydrogen-bond acceptors (Lipinski definition) is 5. The Labute approximate surface area is 255 Å². The van der Waals surface area contributed by atoms with Gasteiger partial charge in [-0.25, -0.2) is 18.2 Å². The molecule has 2 saturated heterocycles. The molecule has 3 atom stereocenters. The van der Waals surface area contributed by atoms with E-state index in [2.05, 4.69) is 10.3 Å². The van der Waals surface area contributed by atoms with Gasteiger partial charge in [-0.15, -0.1) is 0 Å². The van der Waals surface area contributed by atoms with Crippen molar-refractivity contribution in [3.8, 4) is 11.3 Å². The molecule has 1 amide bonds. The van der Waals surface area contributed by atoms with Crippen LogP contribution < -0.4 is 5.32 Å². The summed E-state index contributed by atoms with van der Waals surface area (Å²) in [4.78, 5) is 25.6. The molecule has 230 valence electrons. The van der Waals surface area contributed by atoms with Crippen molar-refractivity contribution in [1.29, 1.82) is 0 Å². The highest BCUT2D eigenvalue weighted by Crippen LogP contribution is 2.38. The number of ether oxygens (including phenoxy) is 1. The highest BCUT2D eigenvalue weighted by atomic mass is 19.1. The molecule has 0 radical (unpaired) electrons. The maximum Gasteiger partial charge on any atom is 0.273 e. The average molecular weight is 604 g/mol. The molecule has 10 heteroatoms. The number of rotatable bonds is 10. The van der Waals surface area contributed by atoms with Crippen molar-refractivity contribution in [2.24, 2.45) is 11.8 Å². The summed E-state index contributed by atoms with van der Waals surface area (Å²) < 4.78 is 50.7. The van der Waals surface area contributed by atoms with Crippen molar-refractivity contribution in [3.05, 3.63) is 108 Å². The highest BCUT2D eigenvalue weighted by Gasteiger charge is 2.39. The Kier molecular flexibility index (Phi) is 9.37. The van der Waals surface area contributed by atoms with Crippen LogP contribution in [0.2, 0.25) is 0 Å². The first-order chi connectivity index (χ1) is 21.5. The molecule has 2 aliphatic heterocycles. The van der Waals surface area contributed by atoms with Crippen LogP contribution in [0.4, 0.5) is 13.2 Å². The third kappa shape index (κ3) is 6.71. The zero-order valence-corrected chi connectivity index (χ0v) is 24.4. The second-order valence-electron chi connectivity index (χ2n) is 11.7. The number of carbonyl (C=O) groups excluding carboxylic acids is 1. The van der Waals surface area contributed by atoms with Crippen LogP contribution in [0.5, 0.6) is 0 Å². The SMILES string of the molecule is O=C(c1ccccn1)N(C[C@@H]1CN[C@H](CF)C1)[C@@H](c1nc(-c2cc(F)ccc2F)cn1Cc1ccccc1)C1CCOCC1. The monoisotopic (exact) mass is 603 g/mol. The number of carbonyl (C=O) groups is 1. The number of nitrogens with one attached hydrogen (secondary N) is 1. The van der Waals surface area contributed by atoms with Crippen molar-refractivity contribution in [2.75, 3.05) is 33.0 Å². The molecule has 0 bridgehead atoms. The van der Waals surface area contributed by atoms with Crippen molar-refractivity contribution < 1.29 is 22.7 Å². The van der Waals surface area contributed by atoms with Crippen LogP contribution in [0.1, 0.15) is 47.2 Å². The maximum atomic E-state index is 15.1. The molecule has 2 aromatic carbocycles. The first-order valence-corrected chi connectivity index (χ1v) is 15.2. The fraction of sp³-hybridized carbons (Fsp3) is 0.382. The Bertz CT molecular complexity index is 1550. The maximum absolute atomic E-state index is 15.1. The summed E-state index contributed by atoms with van der Waals surface area (Å²) in [6.45, 7) is 1.96. The third-order valence-electron chi connectivity index (χ3n) is 8.62. The van der Waals surface area contributed by atoms with Crippen LogP contribution in [0.25, 0.3) is 11.3 Å². The molecule has 2 aliphatic rings. The van der Waals surface area contributed by atoms with Gasteiger partial charge in [0.25, 0.3) is 5.91 Å². The second-order valence-corrected chi connectivity index (χ2v) is 11.7. The lowest BCUT2D eigenvalue weighted by molar-refractivity contribution is 0.0160. The molecule has 44 heavy (non-hydrogen) atoms. The van der Waals surface area contributed by atoms with E-state index in [4.69, 9.17) is 9.72 Å². The molecule has 6 rings (SSSR count). The van der Waals surface area contributed by atoms with E-state index in [0.717, 1.165) is 23.8 Å². The highest BCUT2D eigenvalue weighted by molar-refractivity contribution is 5.92.